The summed E-state index contributed by atoms with van der Waals surface area (Å²) >= 11 is 0. The van der Waals surface area contributed by atoms with Gasteiger partial charge in [-0.25, -0.2) is 9.78 Å². The molecule has 0 radical (unpaired) electrons. The minimum absolute atomic E-state index is 0.296. The Morgan fingerprint density at radius 1 is 0.952 bits per heavy atom. The van der Waals surface area contributed by atoms with Crippen LogP contribution < -0.4 is 5.63 Å². The highest BCUT2D eigenvalue weighted by atomic mass is 16.4. The quantitative estimate of drug-likeness (QED) is 0.672. The molecular formula is C18H17NO2. The minimum atomic E-state index is -0.329. The Labute approximate surface area is 123 Å². The molecule has 21 heavy (non-hydrogen) atoms. The van der Waals surface area contributed by atoms with Gasteiger partial charge in [-0.15, -0.1) is 0 Å². The van der Waals surface area contributed by atoms with Crippen molar-refractivity contribution in [1.82, 2.24) is 4.98 Å². The molecule has 106 valence electrons. The maximum Gasteiger partial charge on any atom is 0.346 e. The molecule has 0 aliphatic rings. The Hall–Kier alpha value is -2.42. The monoisotopic (exact) mass is 279 g/mol. The highest BCUT2D eigenvalue weighted by Crippen LogP contribution is 2.25. The van der Waals surface area contributed by atoms with Gasteiger partial charge in [0.25, 0.3) is 0 Å². The van der Waals surface area contributed by atoms with E-state index in [-0.39, 0.29) is 11.0 Å². The number of hydrogen-bond donors (Lipinski definition) is 0. The summed E-state index contributed by atoms with van der Waals surface area (Å²) < 4.78 is 5.33. The van der Waals surface area contributed by atoms with Crippen molar-refractivity contribution < 1.29 is 4.42 Å². The van der Waals surface area contributed by atoms with E-state index in [1.54, 1.807) is 6.07 Å². The van der Waals surface area contributed by atoms with E-state index in [1.165, 1.54) is 0 Å². The predicted octanol–water partition coefficient (Wildman–Crippen LogP) is 4.15. The van der Waals surface area contributed by atoms with E-state index in [1.807, 2.05) is 63.2 Å². The average Bonchev–Trinajstić information content (AvgIpc) is 2.46. The molecular weight excluding hydrogens is 262 g/mol. The van der Waals surface area contributed by atoms with Gasteiger partial charge in [-0.3, -0.25) is 0 Å². The van der Waals surface area contributed by atoms with E-state index in [2.05, 4.69) is 4.98 Å². The highest BCUT2D eigenvalue weighted by molar-refractivity contribution is 5.83. The van der Waals surface area contributed by atoms with Gasteiger partial charge in [-0.1, -0.05) is 57.2 Å². The fourth-order valence-electron chi connectivity index (χ4n) is 2.20. The second-order valence-electron chi connectivity index (χ2n) is 6.15. The third kappa shape index (κ3) is 2.59. The maximum atomic E-state index is 12.1. The third-order valence-electron chi connectivity index (χ3n) is 3.38. The van der Waals surface area contributed by atoms with Crippen LogP contribution in [0.15, 0.2) is 57.7 Å². The molecule has 0 spiro atoms. The Kier molecular flexibility index (Phi) is 3.13. The lowest BCUT2D eigenvalue weighted by atomic mass is 9.96. The zero-order chi connectivity index (χ0) is 15.0. The molecule has 3 heteroatoms. The summed E-state index contributed by atoms with van der Waals surface area (Å²) in [6.45, 7) is 5.93. The maximum absolute atomic E-state index is 12.1. The SMILES string of the molecule is CC(C)(C)c1nc2cc(-c3ccccc3)ccc2c(=O)o1. The molecule has 3 rings (SSSR count). The average molecular weight is 279 g/mol. The van der Waals surface area contributed by atoms with Gasteiger partial charge in [0.1, 0.15) is 0 Å². The molecule has 0 aliphatic carbocycles. The molecule has 0 fully saturated rings. The zero-order valence-electron chi connectivity index (χ0n) is 12.4. The van der Waals surface area contributed by atoms with Crippen LogP contribution in [0.25, 0.3) is 22.0 Å². The molecule has 0 unspecified atom stereocenters. The summed E-state index contributed by atoms with van der Waals surface area (Å²) in [6, 6.07) is 15.7. The molecule has 0 saturated carbocycles. The van der Waals surface area contributed by atoms with Gasteiger partial charge in [0.15, 0.2) is 0 Å². The molecule has 1 heterocycles. The van der Waals surface area contributed by atoms with Crippen molar-refractivity contribution in [3.63, 3.8) is 0 Å². The van der Waals surface area contributed by atoms with Crippen LogP contribution in [-0.2, 0) is 5.41 Å². The van der Waals surface area contributed by atoms with Crippen LogP contribution in [0.2, 0.25) is 0 Å². The van der Waals surface area contributed by atoms with Crippen molar-refractivity contribution in [2.45, 2.75) is 26.2 Å². The molecule has 0 saturated heterocycles. The molecule has 0 amide bonds. The Balaban J connectivity index is 2.23. The fraction of sp³-hybridized carbons (Fsp3) is 0.222. The van der Waals surface area contributed by atoms with Gasteiger partial charge in [0.2, 0.25) is 5.89 Å². The van der Waals surface area contributed by atoms with E-state index in [9.17, 15) is 4.79 Å². The van der Waals surface area contributed by atoms with E-state index < -0.39 is 0 Å². The second-order valence-corrected chi connectivity index (χ2v) is 6.15. The smallest absolute Gasteiger partial charge is 0.346 e. The largest absolute Gasteiger partial charge is 0.407 e. The first kappa shape index (κ1) is 13.6. The van der Waals surface area contributed by atoms with Crippen molar-refractivity contribution in [3.8, 4) is 11.1 Å². The van der Waals surface area contributed by atoms with Crippen LogP contribution in [0, 0.1) is 0 Å². The summed E-state index contributed by atoms with van der Waals surface area (Å²) in [5.41, 5.74) is 2.20. The second kappa shape index (κ2) is 4.85. The molecule has 0 N–H and O–H groups in total. The lowest BCUT2D eigenvalue weighted by molar-refractivity contribution is 0.360. The summed E-state index contributed by atoms with van der Waals surface area (Å²) in [7, 11) is 0. The number of benzene rings is 2. The van der Waals surface area contributed by atoms with Crippen LogP contribution in [-0.4, -0.2) is 4.98 Å². The van der Waals surface area contributed by atoms with Crippen LogP contribution in [0.5, 0.6) is 0 Å². The number of aromatic nitrogens is 1. The first-order valence-corrected chi connectivity index (χ1v) is 6.96. The third-order valence-corrected chi connectivity index (χ3v) is 3.38. The van der Waals surface area contributed by atoms with Crippen molar-refractivity contribution >= 4 is 10.9 Å². The van der Waals surface area contributed by atoms with Crippen LogP contribution in [0.1, 0.15) is 26.7 Å². The number of fused-ring (bicyclic) bond motifs is 1. The van der Waals surface area contributed by atoms with E-state index in [0.29, 0.717) is 16.8 Å². The molecule has 2 aromatic carbocycles. The number of nitrogens with zero attached hydrogens (tertiary/aromatic N) is 1. The van der Waals surface area contributed by atoms with Crippen molar-refractivity contribution in [2.75, 3.05) is 0 Å². The summed E-state index contributed by atoms with van der Waals surface area (Å²) in [5.74, 6) is 0.463. The Morgan fingerprint density at radius 3 is 2.33 bits per heavy atom. The van der Waals surface area contributed by atoms with Crippen LogP contribution in [0.4, 0.5) is 0 Å². The van der Waals surface area contributed by atoms with Gasteiger partial charge in [-0.05, 0) is 23.3 Å². The highest BCUT2D eigenvalue weighted by Gasteiger charge is 2.20. The predicted molar refractivity (Wildman–Crippen MR) is 84.4 cm³/mol. The van der Waals surface area contributed by atoms with Gasteiger partial charge in [-0.2, -0.15) is 0 Å². The summed E-state index contributed by atoms with van der Waals surface area (Å²) in [4.78, 5) is 16.6. The normalized spacial score (nSPS) is 11.8. The number of rotatable bonds is 1. The summed E-state index contributed by atoms with van der Waals surface area (Å²) in [6.07, 6.45) is 0. The standard InChI is InChI=1S/C18H17NO2/c1-18(2,3)17-19-15-11-13(12-7-5-4-6-8-12)9-10-14(15)16(20)21-17/h4-11H,1-3H3. The lowest BCUT2D eigenvalue weighted by Crippen LogP contribution is -2.17. The molecule has 0 aliphatic heterocycles. The minimum Gasteiger partial charge on any atom is -0.407 e. The van der Waals surface area contributed by atoms with Gasteiger partial charge in [0, 0.05) is 5.41 Å². The van der Waals surface area contributed by atoms with Crippen molar-refractivity contribution in [1.29, 1.82) is 0 Å². The lowest BCUT2D eigenvalue weighted by Gasteiger charge is -2.15. The molecule has 0 atom stereocenters. The first-order chi connectivity index (χ1) is 9.95. The molecule has 3 aromatic rings. The molecule has 3 nitrogen and oxygen atoms in total. The molecule has 0 bridgehead atoms. The Morgan fingerprint density at radius 2 is 1.67 bits per heavy atom. The van der Waals surface area contributed by atoms with Gasteiger partial charge < -0.3 is 4.42 Å². The van der Waals surface area contributed by atoms with Gasteiger partial charge >= 0.3 is 5.63 Å². The number of hydrogen-bond acceptors (Lipinski definition) is 3. The van der Waals surface area contributed by atoms with E-state index in [0.717, 1.165) is 11.1 Å². The van der Waals surface area contributed by atoms with Crippen molar-refractivity contribution in [2.24, 2.45) is 0 Å². The van der Waals surface area contributed by atoms with Crippen LogP contribution >= 0.6 is 0 Å². The zero-order valence-corrected chi connectivity index (χ0v) is 12.4. The van der Waals surface area contributed by atoms with E-state index >= 15 is 0 Å². The van der Waals surface area contributed by atoms with Crippen LogP contribution in [0.3, 0.4) is 0 Å². The van der Waals surface area contributed by atoms with Gasteiger partial charge in [0.05, 0.1) is 10.9 Å². The first-order valence-electron chi connectivity index (χ1n) is 6.96. The van der Waals surface area contributed by atoms with Crippen molar-refractivity contribution in [3.05, 3.63) is 64.8 Å². The molecule has 1 aromatic heterocycles. The van der Waals surface area contributed by atoms with E-state index in [4.69, 9.17) is 4.42 Å². The summed E-state index contributed by atoms with van der Waals surface area (Å²) in [5, 5.41) is 0.516. The Bertz CT molecular complexity index is 842. The fourth-order valence-corrected chi connectivity index (χ4v) is 2.20. The topological polar surface area (TPSA) is 43.1 Å².